The topological polar surface area (TPSA) is 3.24 Å². The Morgan fingerprint density at radius 2 is 2.12 bits per heavy atom. The van der Waals surface area contributed by atoms with Gasteiger partial charge >= 0.3 is 0 Å². The molecule has 1 nitrogen and oxygen atoms in total. The minimum atomic E-state index is 0.720. The van der Waals surface area contributed by atoms with E-state index in [0.29, 0.717) is 0 Å². The molecule has 3 heteroatoms. The second-order valence-corrected chi connectivity index (χ2v) is 6.03. The Bertz CT molecular complexity index is 330. The van der Waals surface area contributed by atoms with Crippen molar-refractivity contribution in [3.8, 4) is 0 Å². The average molecular weight is 319 g/mol. The summed E-state index contributed by atoms with van der Waals surface area (Å²) in [5.41, 5.74) is 1.35. The maximum Gasteiger partial charge on any atom is 0.0231 e. The molecule has 0 aliphatic carbocycles. The summed E-state index contributed by atoms with van der Waals surface area (Å²) in [5.74, 6) is 1.49. The molecule has 0 N–H and O–H groups in total. The van der Waals surface area contributed by atoms with Gasteiger partial charge < -0.3 is 4.90 Å². The first-order valence-corrected chi connectivity index (χ1v) is 7.43. The largest absolute Gasteiger partial charge is 0.302 e. The van der Waals surface area contributed by atoms with E-state index >= 15 is 0 Å². The number of rotatable bonds is 7. The molecule has 17 heavy (non-hydrogen) atoms. The quantitative estimate of drug-likeness (QED) is 0.667. The van der Waals surface area contributed by atoms with Gasteiger partial charge in [-0.3, -0.25) is 0 Å². The molecular formula is C14H21BrClN. The molecule has 1 rings (SSSR count). The SMILES string of the molecule is CC(CCCl)CCN(C)Cc1cccc(Br)c1. The van der Waals surface area contributed by atoms with Crippen molar-refractivity contribution in [1.82, 2.24) is 4.90 Å². The van der Waals surface area contributed by atoms with Gasteiger partial charge in [-0.25, -0.2) is 0 Å². The van der Waals surface area contributed by atoms with Crippen molar-refractivity contribution >= 4 is 27.5 Å². The third kappa shape index (κ3) is 6.44. The van der Waals surface area contributed by atoms with Crippen LogP contribution in [-0.4, -0.2) is 24.4 Å². The number of nitrogens with zero attached hydrogens (tertiary/aromatic N) is 1. The Kier molecular flexibility index (Phi) is 7.17. The van der Waals surface area contributed by atoms with Crippen molar-refractivity contribution in [2.75, 3.05) is 19.5 Å². The molecule has 0 radical (unpaired) electrons. The third-order valence-corrected chi connectivity index (χ3v) is 3.66. The average Bonchev–Trinajstić information content (AvgIpc) is 2.27. The van der Waals surface area contributed by atoms with E-state index in [2.05, 4.69) is 59.1 Å². The second-order valence-electron chi connectivity index (χ2n) is 4.74. The molecule has 96 valence electrons. The normalized spacial score (nSPS) is 13.0. The summed E-state index contributed by atoms with van der Waals surface area (Å²) in [7, 11) is 2.17. The van der Waals surface area contributed by atoms with Crippen LogP contribution in [-0.2, 0) is 6.54 Å². The lowest BCUT2D eigenvalue weighted by Crippen LogP contribution is -2.20. The van der Waals surface area contributed by atoms with Crippen LogP contribution in [0.5, 0.6) is 0 Å². The third-order valence-electron chi connectivity index (χ3n) is 2.95. The first-order chi connectivity index (χ1) is 8.11. The van der Waals surface area contributed by atoms with Gasteiger partial charge in [-0.05, 0) is 50.0 Å². The zero-order chi connectivity index (χ0) is 12.7. The van der Waals surface area contributed by atoms with Gasteiger partial charge in [0.1, 0.15) is 0 Å². The van der Waals surface area contributed by atoms with E-state index in [0.717, 1.165) is 35.8 Å². The highest BCUT2D eigenvalue weighted by atomic mass is 79.9. The molecule has 0 amide bonds. The molecule has 1 unspecified atom stereocenters. The van der Waals surface area contributed by atoms with E-state index in [9.17, 15) is 0 Å². The van der Waals surface area contributed by atoms with E-state index < -0.39 is 0 Å². The van der Waals surface area contributed by atoms with Gasteiger partial charge in [-0.1, -0.05) is 35.0 Å². The van der Waals surface area contributed by atoms with Crippen LogP contribution >= 0.6 is 27.5 Å². The molecular weight excluding hydrogens is 298 g/mol. The Hall–Kier alpha value is -0.0500. The van der Waals surface area contributed by atoms with Gasteiger partial charge in [0.2, 0.25) is 0 Å². The smallest absolute Gasteiger partial charge is 0.0231 e. The highest BCUT2D eigenvalue weighted by molar-refractivity contribution is 9.10. The summed E-state index contributed by atoms with van der Waals surface area (Å²) < 4.78 is 1.15. The number of hydrogen-bond donors (Lipinski definition) is 0. The summed E-state index contributed by atoms with van der Waals surface area (Å²) >= 11 is 9.24. The maximum atomic E-state index is 5.74. The fourth-order valence-corrected chi connectivity index (χ4v) is 2.62. The second kappa shape index (κ2) is 8.12. The molecule has 0 aliphatic heterocycles. The molecule has 0 aromatic heterocycles. The van der Waals surface area contributed by atoms with E-state index in [1.807, 2.05) is 0 Å². The zero-order valence-electron chi connectivity index (χ0n) is 10.6. The summed E-state index contributed by atoms with van der Waals surface area (Å²) in [6.07, 6.45) is 2.34. The van der Waals surface area contributed by atoms with Gasteiger partial charge in [0.15, 0.2) is 0 Å². The zero-order valence-corrected chi connectivity index (χ0v) is 13.0. The Morgan fingerprint density at radius 1 is 1.35 bits per heavy atom. The fourth-order valence-electron chi connectivity index (χ4n) is 1.80. The maximum absolute atomic E-state index is 5.74. The molecule has 1 aromatic rings. The molecule has 0 saturated carbocycles. The first-order valence-electron chi connectivity index (χ1n) is 6.10. The summed E-state index contributed by atoms with van der Waals surface area (Å²) in [6.45, 7) is 4.41. The molecule has 0 fully saturated rings. The highest BCUT2D eigenvalue weighted by Gasteiger charge is 2.05. The summed E-state index contributed by atoms with van der Waals surface area (Å²) in [6, 6.07) is 8.50. The number of alkyl halides is 1. The minimum absolute atomic E-state index is 0.720. The van der Waals surface area contributed by atoms with Crippen molar-refractivity contribution in [2.24, 2.45) is 5.92 Å². The summed E-state index contributed by atoms with van der Waals surface area (Å²) in [5, 5.41) is 0. The van der Waals surface area contributed by atoms with Gasteiger partial charge in [-0.15, -0.1) is 11.6 Å². The standard InChI is InChI=1S/C14H21BrClN/c1-12(6-8-16)7-9-17(2)11-13-4-3-5-14(15)10-13/h3-5,10,12H,6-9,11H2,1-2H3. The van der Waals surface area contributed by atoms with Crippen LogP contribution in [0.2, 0.25) is 0 Å². The number of benzene rings is 1. The predicted molar refractivity (Wildman–Crippen MR) is 79.6 cm³/mol. The van der Waals surface area contributed by atoms with Crippen LogP contribution < -0.4 is 0 Å². The van der Waals surface area contributed by atoms with Gasteiger partial charge in [0.25, 0.3) is 0 Å². The Morgan fingerprint density at radius 3 is 2.76 bits per heavy atom. The van der Waals surface area contributed by atoms with Crippen LogP contribution in [0.3, 0.4) is 0 Å². The molecule has 0 spiro atoms. The van der Waals surface area contributed by atoms with E-state index in [4.69, 9.17) is 11.6 Å². The molecule has 0 aliphatic rings. The van der Waals surface area contributed by atoms with Crippen molar-refractivity contribution in [3.05, 3.63) is 34.3 Å². The molecule has 0 heterocycles. The lowest BCUT2D eigenvalue weighted by Gasteiger charge is -2.19. The lowest BCUT2D eigenvalue weighted by atomic mass is 10.1. The van der Waals surface area contributed by atoms with Crippen LogP contribution in [0.4, 0.5) is 0 Å². The Labute approximate surface area is 118 Å². The van der Waals surface area contributed by atoms with Crippen molar-refractivity contribution in [2.45, 2.75) is 26.3 Å². The van der Waals surface area contributed by atoms with E-state index in [-0.39, 0.29) is 0 Å². The molecule has 1 aromatic carbocycles. The van der Waals surface area contributed by atoms with Gasteiger partial charge in [0, 0.05) is 16.9 Å². The lowest BCUT2D eigenvalue weighted by molar-refractivity contribution is 0.296. The summed E-state index contributed by atoms with van der Waals surface area (Å²) in [4.78, 5) is 2.37. The molecule has 0 saturated heterocycles. The highest BCUT2D eigenvalue weighted by Crippen LogP contribution is 2.14. The van der Waals surface area contributed by atoms with Crippen LogP contribution in [0, 0.1) is 5.92 Å². The number of hydrogen-bond acceptors (Lipinski definition) is 1. The van der Waals surface area contributed by atoms with Gasteiger partial charge in [-0.2, -0.15) is 0 Å². The monoisotopic (exact) mass is 317 g/mol. The van der Waals surface area contributed by atoms with Crippen molar-refractivity contribution in [1.29, 1.82) is 0 Å². The predicted octanol–water partition coefficient (Wildman–Crippen LogP) is 4.54. The first kappa shape index (κ1) is 15.0. The van der Waals surface area contributed by atoms with E-state index in [1.54, 1.807) is 0 Å². The number of halogens is 2. The Balaban J connectivity index is 2.32. The molecule has 0 bridgehead atoms. The van der Waals surface area contributed by atoms with Crippen molar-refractivity contribution < 1.29 is 0 Å². The fraction of sp³-hybridized carbons (Fsp3) is 0.571. The minimum Gasteiger partial charge on any atom is -0.302 e. The van der Waals surface area contributed by atoms with E-state index in [1.165, 1.54) is 12.0 Å². The van der Waals surface area contributed by atoms with Crippen LogP contribution in [0.1, 0.15) is 25.3 Å². The van der Waals surface area contributed by atoms with Crippen LogP contribution in [0.15, 0.2) is 28.7 Å². The van der Waals surface area contributed by atoms with Gasteiger partial charge in [0.05, 0.1) is 0 Å². The molecule has 1 atom stereocenters. The van der Waals surface area contributed by atoms with Crippen LogP contribution in [0.25, 0.3) is 0 Å². The van der Waals surface area contributed by atoms with Crippen molar-refractivity contribution in [3.63, 3.8) is 0 Å².